The molecule has 0 aliphatic heterocycles. The van der Waals surface area contributed by atoms with Gasteiger partial charge < -0.3 is 10.6 Å². The van der Waals surface area contributed by atoms with Gasteiger partial charge in [-0.15, -0.1) is 0 Å². The topological polar surface area (TPSA) is 46.3 Å². The molecule has 3 nitrogen and oxygen atoms in total. The molecule has 2 aromatic rings. The fourth-order valence-electron chi connectivity index (χ4n) is 1.96. The molecular weight excluding hydrogens is 236 g/mol. The van der Waals surface area contributed by atoms with Gasteiger partial charge in [-0.1, -0.05) is 12.1 Å². The first-order chi connectivity index (χ1) is 8.99. The maximum Gasteiger partial charge on any atom is 0.258 e. The maximum atomic E-state index is 12.4. The Kier molecular flexibility index (Phi) is 3.56. The first-order valence-electron chi connectivity index (χ1n) is 6.20. The van der Waals surface area contributed by atoms with Crippen LogP contribution in [-0.2, 0) is 0 Å². The average molecular weight is 254 g/mol. The summed E-state index contributed by atoms with van der Waals surface area (Å²) in [5.41, 5.74) is 10.1. The number of anilines is 2. The summed E-state index contributed by atoms with van der Waals surface area (Å²) in [4.78, 5) is 14.1. The number of amides is 1. The summed E-state index contributed by atoms with van der Waals surface area (Å²) in [5, 5.41) is 0. The van der Waals surface area contributed by atoms with E-state index in [1.165, 1.54) is 0 Å². The number of benzene rings is 2. The molecule has 98 valence electrons. The van der Waals surface area contributed by atoms with Gasteiger partial charge in [-0.3, -0.25) is 4.79 Å². The fraction of sp³-hybridized carbons (Fsp3) is 0.188. The van der Waals surface area contributed by atoms with E-state index in [9.17, 15) is 4.79 Å². The molecule has 2 N–H and O–H groups in total. The molecule has 1 amide bonds. The Hall–Kier alpha value is -2.29. The second-order valence-electron chi connectivity index (χ2n) is 4.77. The number of rotatable bonds is 2. The minimum Gasteiger partial charge on any atom is -0.399 e. The second-order valence-corrected chi connectivity index (χ2v) is 4.77. The van der Waals surface area contributed by atoms with Gasteiger partial charge in [0.1, 0.15) is 0 Å². The van der Waals surface area contributed by atoms with Gasteiger partial charge in [0.05, 0.1) is 0 Å². The van der Waals surface area contributed by atoms with E-state index < -0.39 is 0 Å². The Morgan fingerprint density at radius 3 is 2.47 bits per heavy atom. The zero-order valence-electron chi connectivity index (χ0n) is 11.5. The van der Waals surface area contributed by atoms with Gasteiger partial charge >= 0.3 is 0 Å². The van der Waals surface area contributed by atoms with Crippen LogP contribution in [0.15, 0.2) is 42.5 Å². The maximum absolute atomic E-state index is 12.4. The fourth-order valence-corrected chi connectivity index (χ4v) is 1.96. The number of nitrogen functional groups attached to an aromatic ring is 1. The van der Waals surface area contributed by atoms with Gasteiger partial charge in [0.25, 0.3) is 5.91 Å². The SMILES string of the molecule is Cc1cccc(N(C)C(=O)c2ccc(N)c(C)c2)c1. The van der Waals surface area contributed by atoms with Gasteiger partial charge in [-0.05, 0) is 55.3 Å². The number of carbonyl (C=O) groups excluding carboxylic acids is 1. The normalized spacial score (nSPS) is 10.3. The first kappa shape index (κ1) is 13.1. The molecule has 0 spiro atoms. The van der Waals surface area contributed by atoms with Crippen molar-refractivity contribution < 1.29 is 4.79 Å². The predicted molar refractivity (Wildman–Crippen MR) is 79.5 cm³/mol. The number of nitrogens with zero attached hydrogens (tertiary/aromatic N) is 1. The summed E-state index contributed by atoms with van der Waals surface area (Å²) in [7, 11) is 1.78. The molecule has 19 heavy (non-hydrogen) atoms. The highest BCUT2D eigenvalue weighted by atomic mass is 16.2. The average Bonchev–Trinajstić information content (AvgIpc) is 2.40. The number of aryl methyl sites for hydroxylation is 2. The quantitative estimate of drug-likeness (QED) is 0.837. The van der Waals surface area contributed by atoms with Crippen LogP contribution in [-0.4, -0.2) is 13.0 Å². The van der Waals surface area contributed by atoms with E-state index in [0.717, 1.165) is 16.8 Å². The van der Waals surface area contributed by atoms with Crippen LogP contribution in [0.4, 0.5) is 11.4 Å². The third-order valence-electron chi connectivity index (χ3n) is 3.21. The van der Waals surface area contributed by atoms with Crippen molar-refractivity contribution in [3.8, 4) is 0 Å². The molecule has 3 heteroatoms. The molecule has 2 aromatic carbocycles. The Labute approximate surface area is 113 Å². The Morgan fingerprint density at radius 1 is 1.11 bits per heavy atom. The molecule has 0 atom stereocenters. The van der Waals surface area contributed by atoms with Gasteiger partial charge in [-0.2, -0.15) is 0 Å². The van der Waals surface area contributed by atoms with Crippen molar-refractivity contribution >= 4 is 17.3 Å². The molecule has 0 bridgehead atoms. The van der Waals surface area contributed by atoms with Crippen LogP contribution >= 0.6 is 0 Å². The van der Waals surface area contributed by atoms with Crippen molar-refractivity contribution in [1.82, 2.24) is 0 Å². The molecule has 2 rings (SSSR count). The zero-order valence-corrected chi connectivity index (χ0v) is 11.5. The smallest absolute Gasteiger partial charge is 0.258 e. The summed E-state index contributed by atoms with van der Waals surface area (Å²) >= 11 is 0. The van der Waals surface area contributed by atoms with E-state index in [2.05, 4.69) is 0 Å². The van der Waals surface area contributed by atoms with Gasteiger partial charge in [0.2, 0.25) is 0 Å². The van der Waals surface area contributed by atoms with Crippen molar-refractivity contribution in [1.29, 1.82) is 0 Å². The third-order valence-corrected chi connectivity index (χ3v) is 3.21. The van der Waals surface area contributed by atoms with Crippen LogP contribution < -0.4 is 10.6 Å². The van der Waals surface area contributed by atoms with Crippen LogP contribution in [0.2, 0.25) is 0 Å². The summed E-state index contributed by atoms with van der Waals surface area (Å²) < 4.78 is 0. The Balaban J connectivity index is 2.30. The van der Waals surface area contributed by atoms with Crippen LogP contribution in [0, 0.1) is 13.8 Å². The molecule has 0 unspecified atom stereocenters. The third kappa shape index (κ3) is 2.76. The minimum atomic E-state index is -0.0336. The lowest BCUT2D eigenvalue weighted by molar-refractivity contribution is 0.0993. The molecule has 0 saturated heterocycles. The number of carbonyl (C=O) groups is 1. The van der Waals surface area contributed by atoms with E-state index in [1.54, 1.807) is 24.1 Å². The summed E-state index contributed by atoms with van der Waals surface area (Å²) in [6, 6.07) is 13.2. The molecular formula is C16H18N2O. The first-order valence-corrected chi connectivity index (χ1v) is 6.20. The van der Waals surface area contributed by atoms with E-state index in [1.807, 2.05) is 44.2 Å². The molecule has 0 aliphatic rings. The number of hydrogen-bond acceptors (Lipinski definition) is 2. The van der Waals surface area contributed by atoms with Crippen molar-refractivity contribution in [2.45, 2.75) is 13.8 Å². The van der Waals surface area contributed by atoms with E-state index in [0.29, 0.717) is 11.3 Å². The molecule has 0 radical (unpaired) electrons. The largest absolute Gasteiger partial charge is 0.399 e. The van der Waals surface area contributed by atoms with Gasteiger partial charge in [-0.25, -0.2) is 0 Å². The lowest BCUT2D eigenvalue weighted by Crippen LogP contribution is -2.26. The van der Waals surface area contributed by atoms with Crippen molar-refractivity contribution in [3.63, 3.8) is 0 Å². The Bertz CT molecular complexity index is 620. The second kappa shape index (κ2) is 5.14. The standard InChI is InChI=1S/C16H18N2O/c1-11-5-4-6-14(9-11)18(3)16(19)13-7-8-15(17)12(2)10-13/h4-10H,17H2,1-3H3. The highest BCUT2D eigenvalue weighted by Crippen LogP contribution is 2.19. The van der Waals surface area contributed by atoms with Crippen molar-refractivity contribution in [3.05, 3.63) is 59.2 Å². The van der Waals surface area contributed by atoms with E-state index >= 15 is 0 Å². The van der Waals surface area contributed by atoms with Crippen molar-refractivity contribution in [2.75, 3.05) is 17.7 Å². The number of nitrogens with two attached hydrogens (primary N) is 1. The molecule has 0 fully saturated rings. The van der Waals surface area contributed by atoms with Crippen LogP contribution in [0.25, 0.3) is 0 Å². The minimum absolute atomic E-state index is 0.0336. The highest BCUT2D eigenvalue weighted by Gasteiger charge is 2.14. The summed E-state index contributed by atoms with van der Waals surface area (Å²) in [6.07, 6.45) is 0. The summed E-state index contributed by atoms with van der Waals surface area (Å²) in [6.45, 7) is 3.91. The van der Waals surface area contributed by atoms with Crippen LogP contribution in [0.3, 0.4) is 0 Å². The lowest BCUT2D eigenvalue weighted by Gasteiger charge is -2.18. The van der Waals surface area contributed by atoms with Crippen LogP contribution in [0.5, 0.6) is 0 Å². The monoisotopic (exact) mass is 254 g/mol. The van der Waals surface area contributed by atoms with Crippen LogP contribution in [0.1, 0.15) is 21.5 Å². The molecule has 0 heterocycles. The van der Waals surface area contributed by atoms with Crippen molar-refractivity contribution in [2.24, 2.45) is 0 Å². The van der Waals surface area contributed by atoms with E-state index in [4.69, 9.17) is 5.73 Å². The lowest BCUT2D eigenvalue weighted by atomic mass is 10.1. The Morgan fingerprint density at radius 2 is 1.84 bits per heavy atom. The predicted octanol–water partition coefficient (Wildman–Crippen LogP) is 3.16. The van der Waals surface area contributed by atoms with Gasteiger partial charge in [0, 0.05) is 24.0 Å². The summed E-state index contributed by atoms with van der Waals surface area (Å²) in [5.74, 6) is -0.0336. The van der Waals surface area contributed by atoms with E-state index in [-0.39, 0.29) is 5.91 Å². The highest BCUT2D eigenvalue weighted by molar-refractivity contribution is 6.06. The molecule has 0 aliphatic carbocycles. The number of hydrogen-bond donors (Lipinski definition) is 1. The molecule has 0 saturated carbocycles. The zero-order chi connectivity index (χ0) is 14.0. The molecule has 0 aromatic heterocycles. The van der Waals surface area contributed by atoms with Gasteiger partial charge in [0.15, 0.2) is 0 Å².